The summed E-state index contributed by atoms with van der Waals surface area (Å²) in [6.07, 6.45) is 8.95. The summed E-state index contributed by atoms with van der Waals surface area (Å²) in [5.41, 5.74) is 2.11. The van der Waals surface area contributed by atoms with Crippen LogP contribution in [0, 0.1) is 0 Å². The highest BCUT2D eigenvalue weighted by molar-refractivity contribution is 6.35. The van der Waals surface area contributed by atoms with Gasteiger partial charge in [0, 0.05) is 18.0 Å². The number of anilines is 1. The van der Waals surface area contributed by atoms with Crippen LogP contribution in [0.25, 0.3) is 0 Å². The topological polar surface area (TPSA) is 41.1 Å². The molecular weight excluding hydrogens is 319 g/mol. The van der Waals surface area contributed by atoms with E-state index in [-0.39, 0.29) is 5.91 Å². The molecule has 0 aromatic heterocycles. The molecule has 0 atom stereocenters. The van der Waals surface area contributed by atoms with Crippen LogP contribution in [-0.2, 0) is 4.79 Å². The van der Waals surface area contributed by atoms with Gasteiger partial charge in [-0.15, -0.1) is 0 Å². The Labute approximate surface area is 142 Å². The number of allylic oxidation sites excluding steroid dienone is 1. The van der Waals surface area contributed by atoms with Gasteiger partial charge >= 0.3 is 0 Å². The Morgan fingerprint density at radius 2 is 2.05 bits per heavy atom. The molecule has 1 aromatic carbocycles. The summed E-state index contributed by atoms with van der Waals surface area (Å²) >= 11 is 11.9. The van der Waals surface area contributed by atoms with Crippen molar-refractivity contribution < 1.29 is 4.79 Å². The van der Waals surface area contributed by atoms with Crippen LogP contribution < -0.4 is 10.6 Å². The molecule has 2 N–H and O–H groups in total. The van der Waals surface area contributed by atoms with E-state index in [2.05, 4.69) is 16.7 Å². The van der Waals surface area contributed by atoms with Crippen LogP contribution in [0.5, 0.6) is 0 Å². The fourth-order valence-electron chi connectivity index (χ4n) is 2.51. The Hall–Kier alpha value is -1.03. The Kier molecular flexibility index (Phi) is 7.23. The average molecular weight is 341 g/mol. The number of benzene rings is 1. The number of carbonyl (C=O) groups is 1. The first-order chi connectivity index (χ1) is 10.6. The Balaban J connectivity index is 1.63. The number of amides is 1. The molecule has 0 fully saturated rings. The second kappa shape index (κ2) is 9.19. The number of hydrogen-bond donors (Lipinski definition) is 2. The van der Waals surface area contributed by atoms with Gasteiger partial charge in [-0.3, -0.25) is 4.79 Å². The van der Waals surface area contributed by atoms with Gasteiger partial charge in [-0.2, -0.15) is 0 Å². The van der Waals surface area contributed by atoms with Gasteiger partial charge in [-0.25, -0.2) is 0 Å². The van der Waals surface area contributed by atoms with E-state index in [1.807, 2.05) is 0 Å². The van der Waals surface area contributed by atoms with Crippen molar-refractivity contribution in [1.29, 1.82) is 0 Å². The number of nitrogens with one attached hydrogen (secondary N) is 2. The van der Waals surface area contributed by atoms with Gasteiger partial charge in [-0.05, 0) is 56.8 Å². The molecule has 2 rings (SSSR count). The first-order valence-electron chi connectivity index (χ1n) is 7.78. The van der Waals surface area contributed by atoms with E-state index < -0.39 is 0 Å². The van der Waals surface area contributed by atoms with Crippen molar-refractivity contribution in [3.8, 4) is 0 Å². The van der Waals surface area contributed by atoms with Gasteiger partial charge in [0.1, 0.15) is 0 Å². The van der Waals surface area contributed by atoms with Crippen molar-refractivity contribution in [3.05, 3.63) is 39.9 Å². The fourth-order valence-corrected chi connectivity index (χ4v) is 2.85. The van der Waals surface area contributed by atoms with E-state index in [4.69, 9.17) is 23.2 Å². The summed E-state index contributed by atoms with van der Waals surface area (Å²) in [4.78, 5) is 11.9. The highest BCUT2D eigenvalue weighted by Gasteiger charge is 2.07. The van der Waals surface area contributed by atoms with E-state index in [9.17, 15) is 4.79 Å². The Morgan fingerprint density at radius 3 is 2.82 bits per heavy atom. The first-order valence-corrected chi connectivity index (χ1v) is 8.54. The lowest BCUT2D eigenvalue weighted by Gasteiger charge is -2.13. The quantitative estimate of drug-likeness (QED) is 0.552. The molecule has 0 spiro atoms. The molecule has 3 nitrogen and oxygen atoms in total. The van der Waals surface area contributed by atoms with E-state index in [1.165, 1.54) is 25.7 Å². The largest absolute Gasteiger partial charge is 0.325 e. The number of rotatable bonds is 7. The van der Waals surface area contributed by atoms with Crippen LogP contribution in [0.3, 0.4) is 0 Å². The minimum Gasteiger partial charge on any atom is -0.325 e. The maximum Gasteiger partial charge on any atom is 0.225 e. The molecular formula is C17H22Cl2N2O. The van der Waals surface area contributed by atoms with Crippen LogP contribution >= 0.6 is 23.2 Å². The van der Waals surface area contributed by atoms with Gasteiger partial charge in [-0.1, -0.05) is 34.9 Å². The maximum absolute atomic E-state index is 11.9. The van der Waals surface area contributed by atoms with Crippen molar-refractivity contribution >= 4 is 34.8 Å². The lowest BCUT2D eigenvalue weighted by atomic mass is 9.97. The molecule has 0 bridgehead atoms. The molecule has 5 heteroatoms. The van der Waals surface area contributed by atoms with Crippen molar-refractivity contribution in [1.82, 2.24) is 5.32 Å². The molecule has 0 unspecified atom stereocenters. The van der Waals surface area contributed by atoms with Crippen molar-refractivity contribution in [2.45, 2.75) is 38.5 Å². The minimum atomic E-state index is -0.0615. The van der Waals surface area contributed by atoms with Crippen LogP contribution in [0.2, 0.25) is 10.0 Å². The molecule has 120 valence electrons. The van der Waals surface area contributed by atoms with Crippen LogP contribution in [0.15, 0.2) is 29.8 Å². The van der Waals surface area contributed by atoms with Crippen LogP contribution in [0.4, 0.5) is 5.69 Å². The molecule has 1 aromatic rings. The third-order valence-corrected chi connectivity index (χ3v) is 4.30. The van der Waals surface area contributed by atoms with Gasteiger partial charge in [0.15, 0.2) is 0 Å². The van der Waals surface area contributed by atoms with Crippen LogP contribution in [0.1, 0.15) is 38.5 Å². The smallest absolute Gasteiger partial charge is 0.225 e. The van der Waals surface area contributed by atoms with E-state index in [1.54, 1.807) is 23.8 Å². The number of carbonyl (C=O) groups excluding carboxylic acids is 1. The van der Waals surface area contributed by atoms with Crippen LogP contribution in [-0.4, -0.2) is 19.0 Å². The zero-order valence-electron chi connectivity index (χ0n) is 12.6. The molecule has 0 heterocycles. The summed E-state index contributed by atoms with van der Waals surface area (Å²) in [5.74, 6) is -0.0615. The monoisotopic (exact) mass is 340 g/mol. The van der Waals surface area contributed by atoms with Gasteiger partial charge in [0.05, 0.1) is 10.7 Å². The predicted molar refractivity (Wildman–Crippen MR) is 93.7 cm³/mol. The summed E-state index contributed by atoms with van der Waals surface area (Å²) in [5, 5.41) is 7.15. The summed E-state index contributed by atoms with van der Waals surface area (Å²) in [6.45, 7) is 1.59. The second-order valence-electron chi connectivity index (χ2n) is 5.53. The van der Waals surface area contributed by atoms with Crippen molar-refractivity contribution in [2.24, 2.45) is 0 Å². The molecule has 1 aliphatic rings. The zero-order chi connectivity index (χ0) is 15.8. The molecule has 0 saturated carbocycles. The third kappa shape index (κ3) is 5.99. The molecule has 22 heavy (non-hydrogen) atoms. The fraction of sp³-hybridized carbons (Fsp3) is 0.471. The predicted octanol–water partition coefficient (Wildman–Crippen LogP) is 4.80. The Bertz CT molecular complexity index is 543. The van der Waals surface area contributed by atoms with E-state index >= 15 is 0 Å². The molecule has 0 radical (unpaired) electrons. The molecule has 0 saturated heterocycles. The molecule has 0 aliphatic heterocycles. The number of hydrogen-bond acceptors (Lipinski definition) is 2. The summed E-state index contributed by atoms with van der Waals surface area (Å²) in [7, 11) is 0. The SMILES string of the molecule is O=C(CCNCCC1=CCCCC1)Nc1cc(Cl)ccc1Cl. The van der Waals surface area contributed by atoms with E-state index in [0.717, 1.165) is 13.0 Å². The highest BCUT2D eigenvalue weighted by Crippen LogP contribution is 2.25. The lowest BCUT2D eigenvalue weighted by molar-refractivity contribution is -0.116. The third-order valence-electron chi connectivity index (χ3n) is 3.74. The maximum atomic E-state index is 11.9. The van der Waals surface area contributed by atoms with Crippen molar-refractivity contribution in [3.63, 3.8) is 0 Å². The number of halogens is 2. The van der Waals surface area contributed by atoms with Gasteiger partial charge < -0.3 is 10.6 Å². The average Bonchev–Trinajstić information content (AvgIpc) is 2.51. The van der Waals surface area contributed by atoms with Crippen molar-refractivity contribution in [2.75, 3.05) is 18.4 Å². The Morgan fingerprint density at radius 1 is 1.18 bits per heavy atom. The molecule has 1 amide bonds. The second-order valence-corrected chi connectivity index (χ2v) is 6.37. The molecule has 1 aliphatic carbocycles. The lowest BCUT2D eigenvalue weighted by Crippen LogP contribution is -2.23. The van der Waals surface area contributed by atoms with Gasteiger partial charge in [0.25, 0.3) is 0 Å². The summed E-state index contributed by atoms with van der Waals surface area (Å²) in [6, 6.07) is 5.03. The standard InChI is InChI=1S/C17H22Cl2N2O/c18-14-6-7-15(19)16(12-14)21-17(22)9-11-20-10-8-13-4-2-1-3-5-13/h4,6-7,12,20H,1-3,5,8-11H2,(H,21,22). The van der Waals surface area contributed by atoms with Gasteiger partial charge in [0.2, 0.25) is 5.91 Å². The minimum absolute atomic E-state index is 0.0615. The first kappa shape index (κ1) is 17.3. The normalized spacial score (nSPS) is 14.5. The summed E-state index contributed by atoms with van der Waals surface area (Å²) < 4.78 is 0. The zero-order valence-corrected chi connectivity index (χ0v) is 14.1. The van der Waals surface area contributed by atoms with E-state index in [0.29, 0.717) is 28.7 Å². The highest BCUT2D eigenvalue weighted by atomic mass is 35.5.